The third kappa shape index (κ3) is 1.30. The Labute approximate surface area is 81.5 Å². The molecule has 5 heteroatoms. The molecule has 0 saturated carbocycles. The summed E-state index contributed by atoms with van der Waals surface area (Å²) in [4.78, 5) is 9.31. The minimum Gasteiger partial charge on any atom is -0.481 e. The largest absolute Gasteiger partial charge is 0.481 e. The van der Waals surface area contributed by atoms with Crippen molar-refractivity contribution in [1.82, 2.24) is 9.97 Å². The quantitative estimate of drug-likeness (QED) is 0.774. The van der Waals surface area contributed by atoms with E-state index in [0.717, 1.165) is 14.3 Å². The monoisotopic (exact) mass is 244 g/mol. The van der Waals surface area contributed by atoms with Gasteiger partial charge in [0, 0.05) is 6.07 Å². The molecule has 0 N–H and O–H groups in total. The Morgan fingerprint density at radius 3 is 3.00 bits per heavy atom. The van der Waals surface area contributed by atoms with Gasteiger partial charge in [-0.1, -0.05) is 11.3 Å². The number of rotatable bonds is 1. The van der Waals surface area contributed by atoms with Crippen LogP contribution in [0.2, 0.25) is 0 Å². The number of hydrogen-bond acceptors (Lipinski definition) is 4. The SMILES string of the molecule is COc1ccc2nc(Br)sc2n1. The summed E-state index contributed by atoms with van der Waals surface area (Å²) in [6.45, 7) is 0. The number of halogens is 1. The molecule has 0 fully saturated rings. The van der Waals surface area contributed by atoms with E-state index >= 15 is 0 Å². The minimum atomic E-state index is 0.624. The van der Waals surface area contributed by atoms with Gasteiger partial charge in [0.1, 0.15) is 10.3 Å². The van der Waals surface area contributed by atoms with Crippen LogP contribution in [-0.2, 0) is 0 Å². The van der Waals surface area contributed by atoms with Crippen molar-refractivity contribution in [3.05, 3.63) is 16.0 Å². The molecule has 0 aliphatic heterocycles. The Hall–Kier alpha value is -0.680. The molecule has 2 rings (SSSR count). The molecule has 2 aromatic heterocycles. The number of fused-ring (bicyclic) bond motifs is 1. The summed E-state index contributed by atoms with van der Waals surface area (Å²) in [5.41, 5.74) is 0.896. The van der Waals surface area contributed by atoms with Crippen molar-refractivity contribution in [1.29, 1.82) is 0 Å². The predicted octanol–water partition coefficient (Wildman–Crippen LogP) is 2.46. The van der Waals surface area contributed by atoms with Gasteiger partial charge >= 0.3 is 0 Å². The lowest BCUT2D eigenvalue weighted by Gasteiger charge is -1.94. The smallest absolute Gasteiger partial charge is 0.214 e. The first kappa shape index (κ1) is 7.94. The predicted molar refractivity (Wildman–Crippen MR) is 51.7 cm³/mol. The second-order valence-electron chi connectivity index (χ2n) is 2.14. The molecule has 0 radical (unpaired) electrons. The number of methoxy groups -OCH3 is 1. The zero-order chi connectivity index (χ0) is 8.55. The fourth-order valence-electron chi connectivity index (χ4n) is 0.887. The highest BCUT2D eigenvalue weighted by Crippen LogP contribution is 2.25. The number of nitrogens with zero attached hydrogens (tertiary/aromatic N) is 2. The van der Waals surface area contributed by atoms with Crippen molar-refractivity contribution in [2.75, 3.05) is 7.11 Å². The maximum Gasteiger partial charge on any atom is 0.214 e. The number of pyridine rings is 1. The van der Waals surface area contributed by atoms with Crippen LogP contribution in [-0.4, -0.2) is 17.1 Å². The number of aromatic nitrogens is 2. The van der Waals surface area contributed by atoms with Crippen LogP contribution < -0.4 is 4.74 Å². The van der Waals surface area contributed by atoms with E-state index < -0.39 is 0 Å². The average molecular weight is 245 g/mol. The van der Waals surface area contributed by atoms with E-state index in [-0.39, 0.29) is 0 Å². The summed E-state index contributed by atoms with van der Waals surface area (Å²) in [7, 11) is 1.60. The molecule has 0 atom stereocenters. The van der Waals surface area contributed by atoms with Crippen molar-refractivity contribution in [3.8, 4) is 5.88 Å². The second kappa shape index (κ2) is 2.99. The zero-order valence-electron chi connectivity index (χ0n) is 6.24. The number of ether oxygens (including phenoxy) is 1. The van der Waals surface area contributed by atoms with Gasteiger partial charge in [0.15, 0.2) is 3.92 Å². The van der Waals surface area contributed by atoms with Gasteiger partial charge in [0.25, 0.3) is 0 Å². The molecular formula is C7H5BrN2OS. The van der Waals surface area contributed by atoms with Crippen LogP contribution in [0.25, 0.3) is 10.3 Å². The van der Waals surface area contributed by atoms with Gasteiger partial charge in [0.05, 0.1) is 7.11 Å². The van der Waals surface area contributed by atoms with Crippen LogP contribution in [0, 0.1) is 0 Å². The van der Waals surface area contributed by atoms with Crippen molar-refractivity contribution in [2.45, 2.75) is 0 Å². The molecular weight excluding hydrogens is 240 g/mol. The fourth-order valence-corrected chi connectivity index (χ4v) is 2.20. The van der Waals surface area contributed by atoms with Gasteiger partial charge in [-0.05, 0) is 22.0 Å². The fraction of sp³-hybridized carbons (Fsp3) is 0.143. The van der Waals surface area contributed by atoms with E-state index in [0.29, 0.717) is 5.88 Å². The Kier molecular flexibility index (Phi) is 1.98. The summed E-state index contributed by atoms with van der Waals surface area (Å²) in [6.07, 6.45) is 0. The number of thiazole rings is 1. The molecule has 0 bridgehead atoms. The summed E-state index contributed by atoms with van der Waals surface area (Å²) >= 11 is 4.79. The highest BCUT2D eigenvalue weighted by atomic mass is 79.9. The van der Waals surface area contributed by atoms with Crippen LogP contribution in [0.5, 0.6) is 5.88 Å². The Morgan fingerprint density at radius 2 is 2.25 bits per heavy atom. The molecule has 0 saturated heterocycles. The van der Waals surface area contributed by atoms with Crippen LogP contribution in [0.1, 0.15) is 0 Å². The van der Waals surface area contributed by atoms with Crippen molar-refractivity contribution >= 4 is 37.6 Å². The van der Waals surface area contributed by atoms with Gasteiger partial charge in [-0.15, -0.1) is 0 Å². The van der Waals surface area contributed by atoms with E-state index in [9.17, 15) is 0 Å². The first-order chi connectivity index (χ1) is 5.79. The molecule has 2 aromatic rings. The van der Waals surface area contributed by atoms with Gasteiger partial charge in [-0.2, -0.15) is 0 Å². The third-order valence-electron chi connectivity index (χ3n) is 1.41. The zero-order valence-corrected chi connectivity index (χ0v) is 8.65. The van der Waals surface area contributed by atoms with Crippen molar-refractivity contribution < 1.29 is 4.74 Å². The molecule has 0 unspecified atom stereocenters. The third-order valence-corrected chi connectivity index (χ3v) is 2.83. The summed E-state index contributed by atoms with van der Waals surface area (Å²) in [5.74, 6) is 0.624. The van der Waals surface area contributed by atoms with Crippen LogP contribution in [0.4, 0.5) is 0 Å². The van der Waals surface area contributed by atoms with Crippen molar-refractivity contribution in [2.24, 2.45) is 0 Å². The normalized spacial score (nSPS) is 10.5. The standard InChI is InChI=1S/C7H5BrN2OS/c1-11-5-3-2-4-6(10-5)12-7(8)9-4/h2-3H,1H3. The second-order valence-corrected chi connectivity index (χ2v) is 4.40. The molecule has 62 valence electrons. The average Bonchev–Trinajstić information content (AvgIpc) is 2.43. The summed E-state index contributed by atoms with van der Waals surface area (Å²) < 4.78 is 5.83. The highest BCUT2D eigenvalue weighted by molar-refractivity contribution is 9.11. The van der Waals surface area contributed by atoms with Gasteiger partial charge in [-0.25, -0.2) is 9.97 Å². The molecule has 3 nitrogen and oxygen atoms in total. The molecule has 0 aliphatic rings. The lowest BCUT2D eigenvalue weighted by atomic mass is 10.4. The van der Waals surface area contributed by atoms with E-state index in [1.54, 1.807) is 13.2 Å². The van der Waals surface area contributed by atoms with Crippen LogP contribution in [0.15, 0.2) is 16.0 Å². The summed E-state index contributed by atoms with van der Waals surface area (Å²) in [5, 5.41) is 0. The molecule has 0 amide bonds. The molecule has 0 aromatic carbocycles. The van der Waals surface area contributed by atoms with Crippen molar-refractivity contribution in [3.63, 3.8) is 0 Å². The van der Waals surface area contributed by atoms with Crippen LogP contribution in [0.3, 0.4) is 0 Å². The van der Waals surface area contributed by atoms with Gasteiger partial charge in [-0.3, -0.25) is 0 Å². The first-order valence-electron chi connectivity index (χ1n) is 3.26. The minimum absolute atomic E-state index is 0.624. The highest BCUT2D eigenvalue weighted by Gasteiger charge is 2.03. The molecule has 0 aliphatic carbocycles. The molecule has 2 heterocycles. The van der Waals surface area contributed by atoms with E-state index in [4.69, 9.17) is 4.74 Å². The first-order valence-corrected chi connectivity index (χ1v) is 4.87. The van der Waals surface area contributed by atoms with E-state index in [1.807, 2.05) is 6.07 Å². The lowest BCUT2D eigenvalue weighted by molar-refractivity contribution is 0.400. The topological polar surface area (TPSA) is 35.0 Å². The Balaban J connectivity index is 2.66. The van der Waals surface area contributed by atoms with Gasteiger partial charge < -0.3 is 4.74 Å². The maximum absolute atomic E-state index is 4.98. The van der Waals surface area contributed by atoms with Gasteiger partial charge in [0.2, 0.25) is 5.88 Å². The van der Waals surface area contributed by atoms with Crippen LogP contribution >= 0.6 is 27.3 Å². The van der Waals surface area contributed by atoms with E-state index in [2.05, 4.69) is 25.9 Å². The lowest BCUT2D eigenvalue weighted by Crippen LogP contribution is -1.85. The summed E-state index contributed by atoms with van der Waals surface area (Å²) in [6, 6.07) is 3.69. The molecule has 12 heavy (non-hydrogen) atoms. The number of hydrogen-bond donors (Lipinski definition) is 0. The Bertz CT molecular complexity index is 415. The Morgan fingerprint density at radius 1 is 1.42 bits per heavy atom. The molecule has 0 spiro atoms. The maximum atomic E-state index is 4.98. The van der Waals surface area contributed by atoms with E-state index in [1.165, 1.54) is 11.3 Å².